The molecule has 0 aromatic heterocycles. The minimum atomic E-state index is -1.17. The molecule has 0 unspecified atom stereocenters. The summed E-state index contributed by atoms with van der Waals surface area (Å²) in [5.41, 5.74) is 4.41. The maximum absolute atomic E-state index is 11.4. The van der Waals surface area contributed by atoms with Crippen molar-refractivity contribution in [2.24, 2.45) is 11.1 Å². The van der Waals surface area contributed by atoms with Gasteiger partial charge in [0.1, 0.15) is 6.04 Å². The van der Waals surface area contributed by atoms with Gasteiger partial charge in [-0.15, -0.1) is 0 Å². The summed E-state index contributed by atoms with van der Waals surface area (Å²) in [7, 11) is 1.21. The molecule has 16 heavy (non-hydrogen) atoms. The summed E-state index contributed by atoms with van der Waals surface area (Å²) in [6.07, 6.45) is 1.56. The van der Waals surface area contributed by atoms with Crippen molar-refractivity contribution in [1.29, 1.82) is 0 Å². The SMILES string of the molecule is COC(=O)C(C)(C)[C@H](N)C(=O)OCC[C]=O. The van der Waals surface area contributed by atoms with Crippen LogP contribution in [-0.2, 0) is 23.9 Å². The third kappa shape index (κ3) is 3.62. The highest BCUT2D eigenvalue weighted by atomic mass is 16.5. The minimum Gasteiger partial charge on any atom is -0.469 e. The van der Waals surface area contributed by atoms with Crippen LogP contribution in [0.25, 0.3) is 0 Å². The lowest BCUT2D eigenvalue weighted by atomic mass is 9.85. The third-order valence-electron chi connectivity index (χ3n) is 2.19. The molecule has 0 spiro atoms. The molecule has 0 aliphatic heterocycles. The fourth-order valence-electron chi connectivity index (χ4n) is 0.968. The van der Waals surface area contributed by atoms with Crippen LogP contribution in [-0.4, -0.2) is 38.0 Å². The Morgan fingerprint density at radius 2 is 2.00 bits per heavy atom. The van der Waals surface area contributed by atoms with Gasteiger partial charge in [-0.3, -0.25) is 14.4 Å². The Hall–Kier alpha value is -1.43. The Kier molecular flexibility index (Phi) is 5.66. The smallest absolute Gasteiger partial charge is 0.324 e. The van der Waals surface area contributed by atoms with Crippen molar-refractivity contribution in [3.63, 3.8) is 0 Å². The maximum Gasteiger partial charge on any atom is 0.324 e. The number of esters is 2. The van der Waals surface area contributed by atoms with Crippen molar-refractivity contribution in [2.45, 2.75) is 26.3 Å². The van der Waals surface area contributed by atoms with Crippen LogP contribution in [0.1, 0.15) is 20.3 Å². The number of nitrogens with two attached hydrogens (primary N) is 1. The van der Waals surface area contributed by atoms with Crippen LogP contribution in [0.5, 0.6) is 0 Å². The molecule has 0 aliphatic rings. The molecule has 6 nitrogen and oxygen atoms in total. The van der Waals surface area contributed by atoms with Crippen molar-refractivity contribution < 1.29 is 23.9 Å². The van der Waals surface area contributed by atoms with Crippen LogP contribution in [0.15, 0.2) is 0 Å². The predicted octanol–water partition coefficient (Wildman–Crippen LogP) is -0.444. The van der Waals surface area contributed by atoms with E-state index in [1.807, 2.05) is 0 Å². The Morgan fingerprint density at radius 1 is 1.44 bits per heavy atom. The molecule has 1 radical (unpaired) electrons. The fourth-order valence-corrected chi connectivity index (χ4v) is 0.968. The van der Waals surface area contributed by atoms with Gasteiger partial charge in [0.05, 0.1) is 19.1 Å². The molecule has 0 fully saturated rings. The highest BCUT2D eigenvalue weighted by Gasteiger charge is 2.40. The van der Waals surface area contributed by atoms with Gasteiger partial charge in [0.25, 0.3) is 0 Å². The third-order valence-corrected chi connectivity index (χ3v) is 2.19. The maximum atomic E-state index is 11.4. The van der Waals surface area contributed by atoms with Crippen LogP contribution in [0.4, 0.5) is 0 Å². The lowest BCUT2D eigenvalue weighted by Crippen LogP contribution is -2.49. The van der Waals surface area contributed by atoms with Crippen molar-refractivity contribution in [2.75, 3.05) is 13.7 Å². The Balaban J connectivity index is 4.41. The van der Waals surface area contributed by atoms with Crippen LogP contribution in [0, 0.1) is 5.41 Å². The normalized spacial score (nSPS) is 12.8. The van der Waals surface area contributed by atoms with E-state index >= 15 is 0 Å². The molecule has 1 atom stereocenters. The number of carbonyl (C=O) groups excluding carboxylic acids is 3. The lowest BCUT2D eigenvalue weighted by Gasteiger charge is -2.26. The molecule has 0 amide bonds. The van der Waals surface area contributed by atoms with Crippen molar-refractivity contribution in [3.8, 4) is 0 Å². The van der Waals surface area contributed by atoms with Crippen molar-refractivity contribution in [1.82, 2.24) is 0 Å². The second kappa shape index (κ2) is 6.22. The zero-order valence-corrected chi connectivity index (χ0v) is 9.61. The molecule has 0 rings (SSSR count). The topological polar surface area (TPSA) is 95.7 Å². The first-order valence-electron chi connectivity index (χ1n) is 4.73. The van der Waals surface area contributed by atoms with Crippen LogP contribution in [0.2, 0.25) is 0 Å². The van der Waals surface area contributed by atoms with Gasteiger partial charge < -0.3 is 15.2 Å². The molecule has 0 aromatic rings. The van der Waals surface area contributed by atoms with Crippen LogP contribution in [0.3, 0.4) is 0 Å². The first kappa shape index (κ1) is 14.6. The van der Waals surface area contributed by atoms with Crippen LogP contribution >= 0.6 is 0 Å². The number of hydrogen-bond acceptors (Lipinski definition) is 6. The molecule has 0 saturated carbocycles. The van der Waals surface area contributed by atoms with Gasteiger partial charge in [-0.2, -0.15) is 0 Å². The van der Waals surface area contributed by atoms with Gasteiger partial charge >= 0.3 is 11.9 Å². The largest absolute Gasteiger partial charge is 0.469 e. The summed E-state index contributed by atoms with van der Waals surface area (Å²) in [4.78, 5) is 32.6. The standard InChI is InChI=1S/C10H16NO5/c1-10(2,9(14)15-3)7(11)8(13)16-6-4-5-12/h7H,4,6,11H2,1-3H3/t7-/m1/s1. The molecule has 0 heterocycles. The summed E-state index contributed by atoms with van der Waals surface area (Å²) in [6, 6.07) is -1.13. The lowest BCUT2D eigenvalue weighted by molar-refractivity contribution is -0.160. The molecule has 6 heteroatoms. The van der Waals surface area contributed by atoms with E-state index in [2.05, 4.69) is 4.74 Å². The zero-order chi connectivity index (χ0) is 12.8. The number of ether oxygens (including phenoxy) is 2. The average Bonchev–Trinajstić information content (AvgIpc) is 2.26. The summed E-state index contributed by atoms with van der Waals surface area (Å²) in [6.45, 7) is 2.88. The van der Waals surface area contributed by atoms with Gasteiger partial charge in [0.2, 0.25) is 6.29 Å². The number of methoxy groups -OCH3 is 1. The monoisotopic (exact) mass is 230 g/mol. The van der Waals surface area contributed by atoms with Gasteiger partial charge in [-0.25, -0.2) is 0 Å². The molecule has 0 aliphatic carbocycles. The predicted molar refractivity (Wildman–Crippen MR) is 55.0 cm³/mol. The van der Waals surface area contributed by atoms with E-state index in [0.29, 0.717) is 0 Å². The molecular formula is C10H16NO5. The summed E-state index contributed by atoms with van der Waals surface area (Å²) < 4.78 is 9.21. The zero-order valence-electron chi connectivity index (χ0n) is 9.61. The minimum absolute atomic E-state index is 0.0168. The van der Waals surface area contributed by atoms with Gasteiger partial charge in [0.15, 0.2) is 0 Å². The van der Waals surface area contributed by atoms with Gasteiger partial charge in [-0.05, 0) is 13.8 Å². The molecule has 91 valence electrons. The Morgan fingerprint density at radius 3 is 2.44 bits per heavy atom. The van der Waals surface area contributed by atoms with Crippen molar-refractivity contribution in [3.05, 3.63) is 0 Å². The number of hydrogen-bond donors (Lipinski definition) is 1. The molecule has 0 aromatic carbocycles. The number of carbonyl (C=O) groups is 2. The van der Waals surface area contributed by atoms with E-state index in [1.165, 1.54) is 21.0 Å². The van der Waals surface area contributed by atoms with E-state index < -0.39 is 23.4 Å². The summed E-state index contributed by atoms with van der Waals surface area (Å²) in [5.74, 6) is -1.34. The highest BCUT2D eigenvalue weighted by Crippen LogP contribution is 2.21. The van der Waals surface area contributed by atoms with Crippen LogP contribution < -0.4 is 5.73 Å². The van der Waals surface area contributed by atoms with Gasteiger partial charge in [-0.1, -0.05) is 0 Å². The average molecular weight is 230 g/mol. The van der Waals surface area contributed by atoms with E-state index in [1.54, 1.807) is 6.29 Å². The summed E-state index contributed by atoms with van der Waals surface area (Å²) >= 11 is 0. The first-order valence-corrected chi connectivity index (χ1v) is 4.73. The molecular weight excluding hydrogens is 214 g/mol. The Labute approximate surface area is 94.1 Å². The number of rotatable bonds is 6. The van der Waals surface area contributed by atoms with Gasteiger partial charge in [0, 0.05) is 6.42 Å². The molecule has 0 bridgehead atoms. The quantitative estimate of drug-likeness (QED) is 0.490. The van der Waals surface area contributed by atoms with Crippen molar-refractivity contribution >= 4 is 18.2 Å². The molecule has 0 saturated heterocycles. The first-order chi connectivity index (χ1) is 7.37. The van der Waals surface area contributed by atoms with E-state index in [-0.39, 0.29) is 13.0 Å². The second-order valence-electron chi connectivity index (χ2n) is 3.75. The summed E-state index contributed by atoms with van der Waals surface area (Å²) in [5, 5.41) is 0. The molecule has 2 N–H and O–H groups in total. The second-order valence-corrected chi connectivity index (χ2v) is 3.75. The Bertz CT molecular complexity index is 274. The fraction of sp³-hybridized carbons (Fsp3) is 0.700. The highest BCUT2D eigenvalue weighted by molar-refractivity contribution is 5.87. The van der Waals surface area contributed by atoms with E-state index in [0.717, 1.165) is 0 Å². The van der Waals surface area contributed by atoms with E-state index in [4.69, 9.17) is 10.5 Å². The van der Waals surface area contributed by atoms with E-state index in [9.17, 15) is 14.4 Å².